The van der Waals surface area contributed by atoms with Crippen LogP contribution in [0.1, 0.15) is 36.1 Å². The summed E-state index contributed by atoms with van der Waals surface area (Å²) in [5, 5.41) is 9.64. The van der Waals surface area contributed by atoms with E-state index in [9.17, 15) is 5.11 Å². The van der Waals surface area contributed by atoms with Gasteiger partial charge in [0.15, 0.2) is 0 Å². The Hall–Kier alpha value is -0.860. The number of aliphatic hydroxyl groups is 1. The molecule has 2 atom stereocenters. The van der Waals surface area contributed by atoms with Gasteiger partial charge in [-0.05, 0) is 25.8 Å². The zero-order valence-corrected chi connectivity index (χ0v) is 9.12. The molecule has 1 rings (SSSR count). The molecule has 0 heterocycles. The van der Waals surface area contributed by atoms with Gasteiger partial charge in [-0.2, -0.15) is 0 Å². The minimum Gasteiger partial charge on any atom is -0.391 e. The second-order valence-electron chi connectivity index (χ2n) is 3.92. The molecular weight excluding hydrogens is 174 g/mol. The highest BCUT2D eigenvalue weighted by atomic mass is 16.3. The zero-order valence-electron chi connectivity index (χ0n) is 9.12. The van der Waals surface area contributed by atoms with Crippen molar-refractivity contribution < 1.29 is 5.11 Å². The number of hydrogen-bond donors (Lipinski definition) is 2. The fourth-order valence-corrected chi connectivity index (χ4v) is 1.68. The highest BCUT2D eigenvalue weighted by Crippen LogP contribution is 2.19. The van der Waals surface area contributed by atoms with Crippen LogP contribution < -0.4 is 5.73 Å². The van der Waals surface area contributed by atoms with Crippen LogP contribution in [0.2, 0.25) is 0 Å². The van der Waals surface area contributed by atoms with Gasteiger partial charge in [0.1, 0.15) is 0 Å². The average Bonchev–Trinajstić information content (AvgIpc) is 2.14. The van der Waals surface area contributed by atoms with E-state index in [1.54, 1.807) is 0 Å². The number of benzene rings is 1. The molecule has 0 aliphatic heterocycles. The lowest BCUT2D eigenvalue weighted by atomic mass is 9.97. The van der Waals surface area contributed by atoms with E-state index < -0.39 is 6.10 Å². The predicted molar refractivity (Wildman–Crippen MR) is 59.1 cm³/mol. The second kappa shape index (κ2) is 4.58. The minimum atomic E-state index is -0.448. The smallest absolute Gasteiger partial charge is 0.0730 e. The van der Waals surface area contributed by atoms with Crippen molar-refractivity contribution in [2.75, 3.05) is 0 Å². The van der Waals surface area contributed by atoms with Crippen molar-refractivity contribution in [1.82, 2.24) is 0 Å². The van der Waals surface area contributed by atoms with Gasteiger partial charge < -0.3 is 10.8 Å². The monoisotopic (exact) mass is 193 g/mol. The molecule has 0 bridgehead atoms. The topological polar surface area (TPSA) is 46.2 Å². The molecule has 0 fully saturated rings. The molecule has 0 saturated heterocycles. The van der Waals surface area contributed by atoms with Crippen molar-refractivity contribution in [3.63, 3.8) is 0 Å². The van der Waals surface area contributed by atoms with Gasteiger partial charge in [0.05, 0.1) is 12.1 Å². The van der Waals surface area contributed by atoms with Crippen LogP contribution in [0.3, 0.4) is 0 Å². The van der Waals surface area contributed by atoms with E-state index in [-0.39, 0.29) is 6.04 Å². The molecule has 78 valence electrons. The van der Waals surface area contributed by atoms with E-state index in [0.29, 0.717) is 6.42 Å². The maximum atomic E-state index is 9.64. The lowest BCUT2D eigenvalue weighted by Gasteiger charge is -2.18. The lowest BCUT2D eigenvalue weighted by Crippen LogP contribution is -2.25. The molecule has 0 aromatic heterocycles. The van der Waals surface area contributed by atoms with Crippen molar-refractivity contribution in [2.24, 2.45) is 5.73 Å². The van der Waals surface area contributed by atoms with Crippen LogP contribution in [-0.4, -0.2) is 11.2 Å². The fourth-order valence-electron chi connectivity index (χ4n) is 1.68. The van der Waals surface area contributed by atoms with E-state index in [1.165, 1.54) is 11.1 Å². The Kier molecular flexibility index (Phi) is 3.67. The normalized spacial score (nSPS) is 15.2. The summed E-state index contributed by atoms with van der Waals surface area (Å²) >= 11 is 0. The van der Waals surface area contributed by atoms with Crippen molar-refractivity contribution in [3.05, 3.63) is 34.9 Å². The maximum Gasteiger partial charge on any atom is 0.0730 e. The maximum absolute atomic E-state index is 9.64. The summed E-state index contributed by atoms with van der Waals surface area (Å²) in [5.74, 6) is 0. The summed E-state index contributed by atoms with van der Waals surface area (Å²) in [6, 6.07) is 5.92. The second-order valence-corrected chi connectivity index (χ2v) is 3.92. The Morgan fingerprint density at radius 2 is 1.71 bits per heavy atom. The van der Waals surface area contributed by atoms with Crippen molar-refractivity contribution in [1.29, 1.82) is 0 Å². The summed E-state index contributed by atoms with van der Waals surface area (Å²) < 4.78 is 0. The first kappa shape index (κ1) is 11.2. The molecule has 0 aliphatic rings. The number of aliphatic hydroxyl groups excluding tert-OH is 1. The van der Waals surface area contributed by atoms with Gasteiger partial charge in [0, 0.05) is 0 Å². The van der Waals surface area contributed by atoms with Crippen molar-refractivity contribution in [3.8, 4) is 0 Å². The standard InChI is InChI=1S/C12H19NO/c1-4-11(14)12(13)10-6-8(2)5-9(3)7-10/h5-7,11-12,14H,4,13H2,1-3H3/t11-,12+/m1/s1. The first-order valence-electron chi connectivity index (χ1n) is 5.06. The third-order valence-corrected chi connectivity index (χ3v) is 2.46. The summed E-state index contributed by atoms with van der Waals surface area (Å²) in [4.78, 5) is 0. The SMILES string of the molecule is CC[C@@H](O)[C@@H](N)c1cc(C)cc(C)c1. The van der Waals surface area contributed by atoms with Gasteiger partial charge in [0.25, 0.3) is 0 Å². The third kappa shape index (κ3) is 2.56. The van der Waals surface area contributed by atoms with Crippen LogP contribution in [0, 0.1) is 13.8 Å². The Morgan fingerprint density at radius 3 is 2.14 bits per heavy atom. The first-order chi connectivity index (χ1) is 6.54. The van der Waals surface area contributed by atoms with E-state index in [4.69, 9.17) is 5.73 Å². The molecule has 2 nitrogen and oxygen atoms in total. The number of rotatable bonds is 3. The molecule has 1 aromatic rings. The predicted octanol–water partition coefficient (Wildman–Crippen LogP) is 2.07. The summed E-state index contributed by atoms with van der Waals surface area (Å²) in [6.07, 6.45) is 0.241. The van der Waals surface area contributed by atoms with Gasteiger partial charge in [-0.25, -0.2) is 0 Å². The van der Waals surface area contributed by atoms with Crippen LogP contribution >= 0.6 is 0 Å². The van der Waals surface area contributed by atoms with Gasteiger partial charge in [-0.1, -0.05) is 36.2 Å². The summed E-state index contributed by atoms with van der Waals surface area (Å²) in [6.45, 7) is 6.02. The Balaban J connectivity index is 2.94. The number of hydrogen-bond acceptors (Lipinski definition) is 2. The van der Waals surface area contributed by atoms with Gasteiger partial charge >= 0.3 is 0 Å². The van der Waals surface area contributed by atoms with Crippen LogP contribution in [-0.2, 0) is 0 Å². The van der Waals surface area contributed by atoms with Crippen molar-refractivity contribution >= 4 is 0 Å². The third-order valence-electron chi connectivity index (χ3n) is 2.46. The molecule has 0 unspecified atom stereocenters. The van der Waals surface area contributed by atoms with Gasteiger partial charge in [0.2, 0.25) is 0 Å². The van der Waals surface area contributed by atoms with E-state index in [1.807, 2.05) is 32.9 Å². The highest BCUT2D eigenvalue weighted by Gasteiger charge is 2.14. The molecular formula is C12H19NO. The fraction of sp³-hybridized carbons (Fsp3) is 0.500. The first-order valence-corrected chi connectivity index (χ1v) is 5.06. The Bertz CT molecular complexity index is 289. The van der Waals surface area contributed by atoms with Crippen LogP contribution in [0.5, 0.6) is 0 Å². The zero-order chi connectivity index (χ0) is 10.7. The van der Waals surface area contributed by atoms with Gasteiger partial charge in [-0.3, -0.25) is 0 Å². The molecule has 14 heavy (non-hydrogen) atoms. The van der Waals surface area contributed by atoms with Crippen LogP contribution in [0.25, 0.3) is 0 Å². The largest absolute Gasteiger partial charge is 0.391 e. The van der Waals surface area contributed by atoms with E-state index >= 15 is 0 Å². The summed E-state index contributed by atoms with van der Waals surface area (Å²) in [7, 11) is 0. The highest BCUT2D eigenvalue weighted by molar-refractivity contribution is 5.30. The quantitative estimate of drug-likeness (QED) is 0.772. The molecule has 0 spiro atoms. The minimum absolute atomic E-state index is 0.265. The Morgan fingerprint density at radius 1 is 1.21 bits per heavy atom. The number of aryl methyl sites for hydroxylation is 2. The molecule has 0 radical (unpaired) electrons. The average molecular weight is 193 g/mol. The van der Waals surface area contributed by atoms with Gasteiger partial charge in [-0.15, -0.1) is 0 Å². The van der Waals surface area contributed by atoms with Crippen LogP contribution in [0.15, 0.2) is 18.2 Å². The van der Waals surface area contributed by atoms with E-state index in [0.717, 1.165) is 5.56 Å². The Labute approximate surface area is 85.8 Å². The molecule has 3 N–H and O–H groups in total. The summed E-state index contributed by atoms with van der Waals surface area (Å²) in [5.41, 5.74) is 9.35. The molecule has 0 aliphatic carbocycles. The molecule has 1 aromatic carbocycles. The molecule has 2 heteroatoms. The molecule has 0 saturated carbocycles. The lowest BCUT2D eigenvalue weighted by molar-refractivity contribution is 0.140. The van der Waals surface area contributed by atoms with E-state index in [2.05, 4.69) is 6.07 Å². The van der Waals surface area contributed by atoms with Crippen LogP contribution in [0.4, 0.5) is 0 Å². The number of nitrogens with two attached hydrogens (primary N) is 1. The van der Waals surface area contributed by atoms with Crippen molar-refractivity contribution in [2.45, 2.75) is 39.3 Å². The molecule has 0 amide bonds.